The van der Waals surface area contributed by atoms with E-state index in [9.17, 15) is 9.59 Å². The Kier molecular flexibility index (Phi) is 4.84. The van der Waals surface area contributed by atoms with Crippen LogP contribution in [0.4, 0.5) is 0 Å². The standard InChI is InChI=1S/C16H16BrN3O5/c1-20-8-10(17)7-11(20)16(22)19-18-15(21)9-5-12(23-2)14-13(6-9)24-3-4-25-14/h5-8H,3-4H2,1-2H3,(H,18,21)(H,19,22). The van der Waals surface area contributed by atoms with Crippen LogP contribution in [0.15, 0.2) is 28.9 Å². The molecule has 2 aromatic rings. The molecule has 2 N–H and O–H groups in total. The van der Waals surface area contributed by atoms with E-state index in [2.05, 4.69) is 26.8 Å². The molecule has 0 atom stereocenters. The van der Waals surface area contributed by atoms with Crippen molar-refractivity contribution in [3.05, 3.63) is 40.1 Å². The number of hydrogen-bond acceptors (Lipinski definition) is 5. The fourth-order valence-electron chi connectivity index (χ4n) is 2.40. The number of carbonyl (C=O) groups excluding carboxylic acids is 2. The summed E-state index contributed by atoms with van der Waals surface area (Å²) < 4.78 is 18.6. The molecule has 0 saturated heterocycles. The zero-order chi connectivity index (χ0) is 18.0. The number of fused-ring (bicyclic) bond motifs is 1. The number of aromatic nitrogens is 1. The van der Waals surface area contributed by atoms with Gasteiger partial charge in [0.25, 0.3) is 11.8 Å². The number of hydrogen-bond donors (Lipinski definition) is 2. The number of amides is 2. The maximum absolute atomic E-state index is 12.3. The molecule has 1 aliphatic heterocycles. The minimum Gasteiger partial charge on any atom is -0.493 e. The van der Waals surface area contributed by atoms with Crippen molar-refractivity contribution in [3.8, 4) is 17.2 Å². The summed E-state index contributed by atoms with van der Waals surface area (Å²) in [6.45, 7) is 0.803. The van der Waals surface area contributed by atoms with E-state index in [-0.39, 0.29) is 5.56 Å². The second-order valence-corrected chi connectivity index (χ2v) is 6.18. The Hall–Kier alpha value is -2.68. The highest BCUT2D eigenvalue weighted by atomic mass is 79.9. The Labute approximate surface area is 152 Å². The van der Waals surface area contributed by atoms with Crippen molar-refractivity contribution in [2.45, 2.75) is 0 Å². The molecule has 2 heterocycles. The second-order valence-electron chi connectivity index (χ2n) is 5.27. The van der Waals surface area contributed by atoms with Crippen LogP contribution in [0.5, 0.6) is 17.2 Å². The topological polar surface area (TPSA) is 90.8 Å². The lowest BCUT2D eigenvalue weighted by atomic mass is 10.1. The summed E-state index contributed by atoms with van der Waals surface area (Å²) in [5, 5.41) is 0. The highest BCUT2D eigenvalue weighted by Gasteiger charge is 2.21. The lowest BCUT2D eigenvalue weighted by Gasteiger charge is -2.21. The van der Waals surface area contributed by atoms with Gasteiger partial charge in [-0.15, -0.1) is 0 Å². The first kappa shape index (κ1) is 17.2. The third kappa shape index (κ3) is 3.55. The summed E-state index contributed by atoms with van der Waals surface area (Å²) in [7, 11) is 3.21. The lowest BCUT2D eigenvalue weighted by Crippen LogP contribution is -2.42. The fraction of sp³-hybridized carbons (Fsp3) is 0.250. The van der Waals surface area contributed by atoms with E-state index in [1.165, 1.54) is 19.2 Å². The number of nitrogens with zero attached hydrogens (tertiary/aromatic N) is 1. The van der Waals surface area contributed by atoms with Crippen molar-refractivity contribution in [2.24, 2.45) is 7.05 Å². The Bertz CT molecular complexity index is 816. The summed E-state index contributed by atoms with van der Waals surface area (Å²) in [4.78, 5) is 24.5. The van der Waals surface area contributed by atoms with Crippen molar-refractivity contribution in [1.29, 1.82) is 0 Å². The summed E-state index contributed by atoms with van der Waals surface area (Å²) >= 11 is 3.29. The molecule has 0 radical (unpaired) electrons. The predicted molar refractivity (Wildman–Crippen MR) is 92.0 cm³/mol. The van der Waals surface area contributed by atoms with Gasteiger partial charge in [-0.1, -0.05) is 0 Å². The zero-order valence-electron chi connectivity index (χ0n) is 13.6. The fourth-order valence-corrected chi connectivity index (χ4v) is 2.93. The largest absolute Gasteiger partial charge is 0.493 e. The first-order chi connectivity index (χ1) is 12.0. The average Bonchev–Trinajstić information content (AvgIpc) is 2.96. The van der Waals surface area contributed by atoms with E-state index in [0.717, 1.165) is 4.47 Å². The van der Waals surface area contributed by atoms with Gasteiger partial charge in [0.2, 0.25) is 5.75 Å². The Morgan fingerprint density at radius 2 is 1.88 bits per heavy atom. The van der Waals surface area contributed by atoms with Gasteiger partial charge in [0.05, 0.1) is 7.11 Å². The molecule has 2 amide bonds. The molecule has 1 aromatic heterocycles. The minimum atomic E-state index is -0.503. The Balaban J connectivity index is 1.73. The van der Waals surface area contributed by atoms with E-state index in [0.29, 0.717) is 36.2 Å². The minimum absolute atomic E-state index is 0.273. The van der Waals surface area contributed by atoms with Gasteiger partial charge >= 0.3 is 0 Å². The molecule has 3 rings (SSSR count). The Morgan fingerprint density at radius 3 is 2.56 bits per heavy atom. The third-order valence-corrected chi connectivity index (χ3v) is 4.02. The van der Waals surface area contributed by atoms with Gasteiger partial charge < -0.3 is 18.8 Å². The average molecular weight is 410 g/mol. The van der Waals surface area contributed by atoms with E-state index in [4.69, 9.17) is 14.2 Å². The van der Waals surface area contributed by atoms with Crippen LogP contribution in [0.2, 0.25) is 0 Å². The quantitative estimate of drug-likeness (QED) is 0.751. The molecule has 0 bridgehead atoms. The highest BCUT2D eigenvalue weighted by molar-refractivity contribution is 9.10. The van der Waals surface area contributed by atoms with Gasteiger partial charge in [0, 0.05) is 23.3 Å². The molecule has 1 aromatic carbocycles. The molecule has 0 fully saturated rings. The second kappa shape index (κ2) is 7.06. The number of hydrazine groups is 1. The molecule has 8 nitrogen and oxygen atoms in total. The molecule has 0 saturated carbocycles. The monoisotopic (exact) mass is 409 g/mol. The SMILES string of the molecule is COc1cc(C(=O)NNC(=O)c2cc(Br)cn2C)cc2c1OCCO2. The molecule has 1 aliphatic rings. The molecule has 0 unspecified atom stereocenters. The maximum atomic E-state index is 12.3. The third-order valence-electron chi connectivity index (χ3n) is 3.58. The number of rotatable bonds is 3. The van der Waals surface area contributed by atoms with E-state index in [1.54, 1.807) is 23.9 Å². The van der Waals surface area contributed by atoms with Crippen LogP contribution in [0.25, 0.3) is 0 Å². The van der Waals surface area contributed by atoms with E-state index < -0.39 is 11.8 Å². The predicted octanol–water partition coefficient (Wildman–Crippen LogP) is 1.64. The van der Waals surface area contributed by atoms with Crippen LogP contribution in [0, 0.1) is 0 Å². The van der Waals surface area contributed by atoms with Gasteiger partial charge in [0.15, 0.2) is 11.5 Å². The van der Waals surface area contributed by atoms with Crippen LogP contribution >= 0.6 is 15.9 Å². The molecule has 0 aliphatic carbocycles. The van der Waals surface area contributed by atoms with E-state index in [1.807, 2.05) is 0 Å². The number of methoxy groups -OCH3 is 1. The van der Waals surface area contributed by atoms with Crippen LogP contribution in [-0.4, -0.2) is 36.7 Å². The molecular weight excluding hydrogens is 394 g/mol. The first-order valence-corrected chi connectivity index (χ1v) is 8.19. The van der Waals surface area contributed by atoms with Crippen LogP contribution in [0.3, 0.4) is 0 Å². The number of aryl methyl sites for hydroxylation is 1. The number of benzene rings is 1. The molecule has 0 spiro atoms. The van der Waals surface area contributed by atoms with Gasteiger partial charge in [-0.25, -0.2) is 0 Å². The number of ether oxygens (including phenoxy) is 3. The van der Waals surface area contributed by atoms with Crippen molar-refractivity contribution < 1.29 is 23.8 Å². The van der Waals surface area contributed by atoms with Crippen molar-refractivity contribution >= 4 is 27.7 Å². The molecule has 25 heavy (non-hydrogen) atoms. The summed E-state index contributed by atoms with van der Waals surface area (Å²) in [6, 6.07) is 4.71. The number of carbonyl (C=O) groups is 2. The van der Waals surface area contributed by atoms with Crippen LogP contribution in [-0.2, 0) is 7.05 Å². The van der Waals surface area contributed by atoms with Gasteiger partial charge in [-0.2, -0.15) is 0 Å². The number of halogens is 1. The summed E-state index contributed by atoms with van der Waals surface area (Å²) in [6.07, 6.45) is 1.74. The zero-order valence-corrected chi connectivity index (χ0v) is 15.2. The van der Waals surface area contributed by atoms with Crippen molar-refractivity contribution in [3.63, 3.8) is 0 Å². The molecule has 9 heteroatoms. The van der Waals surface area contributed by atoms with Crippen molar-refractivity contribution in [2.75, 3.05) is 20.3 Å². The first-order valence-electron chi connectivity index (χ1n) is 7.39. The van der Waals surface area contributed by atoms with Crippen molar-refractivity contribution in [1.82, 2.24) is 15.4 Å². The Morgan fingerprint density at radius 1 is 1.16 bits per heavy atom. The normalized spacial score (nSPS) is 12.4. The molecule has 132 valence electrons. The van der Waals surface area contributed by atoms with Crippen LogP contribution < -0.4 is 25.1 Å². The summed E-state index contributed by atoms with van der Waals surface area (Å²) in [5.41, 5.74) is 5.42. The van der Waals surface area contributed by atoms with Gasteiger partial charge in [0.1, 0.15) is 18.9 Å². The highest BCUT2D eigenvalue weighted by Crippen LogP contribution is 2.40. The summed E-state index contributed by atoms with van der Waals surface area (Å²) in [5.74, 6) is 0.333. The molecular formula is C16H16BrN3O5. The van der Waals surface area contributed by atoms with Gasteiger partial charge in [-0.3, -0.25) is 20.4 Å². The lowest BCUT2D eigenvalue weighted by molar-refractivity contribution is 0.0841. The maximum Gasteiger partial charge on any atom is 0.286 e. The van der Waals surface area contributed by atoms with E-state index >= 15 is 0 Å². The van der Waals surface area contributed by atoms with Crippen LogP contribution in [0.1, 0.15) is 20.8 Å². The van der Waals surface area contributed by atoms with Gasteiger partial charge in [-0.05, 0) is 34.1 Å². The number of nitrogens with one attached hydrogen (secondary N) is 2. The smallest absolute Gasteiger partial charge is 0.286 e.